The summed E-state index contributed by atoms with van der Waals surface area (Å²) < 4.78 is 10.1. The second-order valence-corrected chi connectivity index (χ2v) is 3.67. The SMILES string of the molecule is CCCOC[C@H]1O[C@@](O)(CO)[C@@H](O)[C@@H]1O. The maximum absolute atomic E-state index is 9.53. The molecule has 1 aliphatic rings. The fourth-order valence-corrected chi connectivity index (χ4v) is 1.48. The highest BCUT2D eigenvalue weighted by atomic mass is 16.7. The highest BCUT2D eigenvalue weighted by Gasteiger charge is 2.52. The molecule has 6 nitrogen and oxygen atoms in total. The Morgan fingerprint density at radius 1 is 1.40 bits per heavy atom. The first kappa shape index (κ1) is 12.8. The molecule has 0 saturated carbocycles. The monoisotopic (exact) mass is 222 g/mol. The topological polar surface area (TPSA) is 99.4 Å². The second-order valence-electron chi connectivity index (χ2n) is 3.67. The molecule has 1 rings (SSSR count). The summed E-state index contributed by atoms with van der Waals surface area (Å²) in [6.45, 7) is 1.76. The van der Waals surface area contributed by atoms with Gasteiger partial charge in [0.15, 0.2) is 0 Å². The second kappa shape index (κ2) is 5.20. The van der Waals surface area contributed by atoms with Gasteiger partial charge in [-0.05, 0) is 6.42 Å². The maximum atomic E-state index is 9.53. The Hall–Kier alpha value is -0.240. The third-order valence-corrected chi connectivity index (χ3v) is 2.38. The van der Waals surface area contributed by atoms with Gasteiger partial charge in [-0.2, -0.15) is 0 Å². The number of aliphatic hydroxyl groups excluding tert-OH is 3. The van der Waals surface area contributed by atoms with Gasteiger partial charge >= 0.3 is 0 Å². The van der Waals surface area contributed by atoms with E-state index in [0.29, 0.717) is 6.61 Å². The minimum absolute atomic E-state index is 0.0778. The molecule has 4 N–H and O–H groups in total. The predicted octanol–water partition coefficient (Wildman–Crippen LogP) is -1.79. The first-order valence-electron chi connectivity index (χ1n) is 5.00. The first-order valence-corrected chi connectivity index (χ1v) is 5.00. The van der Waals surface area contributed by atoms with Crippen molar-refractivity contribution in [2.45, 2.75) is 37.4 Å². The third kappa shape index (κ3) is 2.66. The van der Waals surface area contributed by atoms with Gasteiger partial charge < -0.3 is 29.9 Å². The third-order valence-electron chi connectivity index (χ3n) is 2.38. The van der Waals surface area contributed by atoms with Gasteiger partial charge in [0.1, 0.15) is 18.3 Å². The Bertz CT molecular complexity index is 199. The number of ether oxygens (including phenoxy) is 2. The summed E-state index contributed by atoms with van der Waals surface area (Å²) in [7, 11) is 0. The lowest BCUT2D eigenvalue weighted by Crippen LogP contribution is -2.46. The molecule has 0 aromatic heterocycles. The van der Waals surface area contributed by atoms with Gasteiger partial charge in [-0.25, -0.2) is 0 Å². The Labute approximate surface area is 88.1 Å². The van der Waals surface area contributed by atoms with Crippen molar-refractivity contribution in [2.24, 2.45) is 0 Å². The lowest BCUT2D eigenvalue weighted by atomic mass is 10.1. The van der Waals surface area contributed by atoms with Crippen LogP contribution < -0.4 is 0 Å². The van der Waals surface area contributed by atoms with Crippen molar-refractivity contribution in [2.75, 3.05) is 19.8 Å². The Morgan fingerprint density at radius 3 is 2.53 bits per heavy atom. The molecular formula is C9H18O6. The Balaban J connectivity index is 2.48. The molecule has 15 heavy (non-hydrogen) atoms. The summed E-state index contributed by atoms with van der Waals surface area (Å²) in [5.41, 5.74) is 0. The number of hydrogen-bond donors (Lipinski definition) is 4. The normalized spacial score (nSPS) is 41.0. The molecule has 6 heteroatoms. The number of aliphatic hydroxyl groups is 4. The molecule has 0 radical (unpaired) electrons. The largest absolute Gasteiger partial charge is 0.391 e. The van der Waals surface area contributed by atoms with Crippen molar-refractivity contribution in [3.05, 3.63) is 0 Å². The summed E-state index contributed by atoms with van der Waals surface area (Å²) in [6.07, 6.45) is -2.75. The zero-order valence-electron chi connectivity index (χ0n) is 8.67. The molecule has 0 amide bonds. The van der Waals surface area contributed by atoms with E-state index in [2.05, 4.69) is 0 Å². The average Bonchev–Trinajstić information content (AvgIpc) is 2.45. The van der Waals surface area contributed by atoms with Crippen LogP contribution in [-0.4, -0.2) is 64.3 Å². The molecule has 0 aromatic carbocycles. The van der Waals surface area contributed by atoms with E-state index in [1.807, 2.05) is 6.92 Å². The standard InChI is InChI=1S/C9H18O6/c1-2-3-14-4-6-7(11)8(12)9(13,5-10)15-6/h6-8,10-13H,2-5H2,1H3/t6-,7-,8+,9+/m1/s1. The Kier molecular flexibility index (Phi) is 4.45. The van der Waals surface area contributed by atoms with Crippen LogP contribution in [0.15, 0.2) is 0 Å². The quantitative estimate of drug-likeness (QED) is 0.410. The maximum Gasteiger partial charge on any atom is 0.219 e. The number of rotatable bonds is 5. The van der Waals surface area contributed by atoms with Crippen molar-refractivity contribution in [3.8, 4) is 0 Å². The highest BCUT2D eigenvalue weighted by molar-refractivity contribution is 4.95. The van der Waals surface area contributed by atoms with Crippen molar-refractivity contribution in [1.82, 2.24) is 0 Å². The van der Waals surface area contributed by atoms with Crippen LogP contribution in [0.25, 0.3) is 0 Å². The van der Waals surface area contributed by atoms with Gasteiger partial charge in [-0.3, -0.25) is 0 Å². The summed E-state index contributed by atoms with van der Waals surface area (Å²) in [5.74, 6) is -2.08. The van der Waals surface area contributed by atoms with Gasteiger partial charge in [0.2, 0.25) is 5.79 Å². The zero-order chi connectivity index (χ0) is 11.5. The van der Waals surface area contributed by atoms with E-state index in [-0.39, 0.29) is 6.61 Å². The molecule has 1 aliphatic heterocycles. The number of hydrogen-bond acceptors (Lipinski definition) is 6. The van der Waals surface area contributed by atoms with E-state index in [4.69, 9.17) is 14.6 Å². The van der Waals surface area contributed by atoms with Crippen molar-refractivity contribution in [1.29, 1.82) is 0 Å². The fraction of sp³-hybridized carbons (Fsp3) is 1.00. The van der Waals surface area contributed by atoms with Crippen molar-refractivity contribution >= 4 is 0 Å². The molecule has 1 heterocycles. The van der Waals surface area contributed by atoms with Crippen LogP contribution >= 0.6 is 0 Å². The van der Waals surface area contributed by atoms with E-state index in [0.717, 1.165) is 6.42 Å². The van der Waals surface area contributed by atoms with Crippen LogP contribution in [0, 0.1) is 0 Å². The van der Waals surface area contributed by atoms with Crippen LogP contribution in [0.3, 0.4) is 0 Å². The van der Waals surface area contributed by atoms with E-state index in [1.54, 1.807) is 0 Å². The van der Waals surface area contributed by atoms with Crippen LogP contribution in [0.5, 0.6) is 0 Å². The van der Waals surface area contributed by atoms with Crippen molar-refractivity contribution in [3.63, 3.8) is 0 Å². The van der Waals surface area contributed by atoms with E-state index >= 15 is 0 Å². The summed E-state index contributed by atoms with van der Waals surface area (Å²) >= 11 is 0. The van der Waals surface area contributed by atoms with Crippen LogP contribution in [0.4, 0.5) is 0 Å². The molecule has 0 aromatic rings. The van der Waals surface area contributed by atoms with Gasteiger partial charge in [0.05, 0.1) is 13.2 Å². The minimum atomic E-state index is -2.08. The van der Waals surface area contributed by atoms with E-state index in [1.165, 1.54) is 0 Å². The molecule has 0 unspecified atom stereocenters. The first-order chi connectivity index (χ1) is 7.05. The Morgan fingerprint density at radius 2 is 2.07 bits per heavy atom. The minimum Gasteiger partial charge on any atom is -0.391 e. The summed E-state index contributed by atoms with van der Waals surface area (Å²) in [6, 6.07) is 0. The van der Waals surface area contributed by atoms with Gasteiger partial charge in [-0.1, -0.05) is 6.92 Å². The highest BCUT2D eigenvalue weighted by Crippen LogP contribution is 2.28. The van der Waals surface area contributed by atoms with Gasteiger partial charge in [0.25, 0.3) is 0 Å². The molecular weight excluding hydrogens is 204 g/mol. The lowest BCUT2D eigenvalue weighted by molar-refractivity contribution is -0.249. The van der Waals surface area contributed by atoms with Crippen LogP contribution in [-0.2, 0) is 9.47 Å². The van der Waals surface area contributed by atoms with Crippen LogP contribution in [0.2, 0.25) is 0 Å². The van der Waals surface area contributed by atoms with Gasteiger partial charge in [-0.15, -0.1) is 0 Å². The average molecular weight is 222 g/mol. The summed E-state index contributed by atoms with van der Waals surface area (Å²) in [5, 5.41) is 37.2. The molecule has 0 aliphatic carbocycles. The molecule has 1 saturated heterocycles. The van der Waals surface area contributed by atoms with Crippen LogP contribution in [0.1, 0.15) is 13.3 Å². The smallest absolute Gasteiger partial charge is 0.219 e. The molecule has 0 bridgehead atoms. The van der Waals surface area contributed by atoms with E-state index < -0.39 is 30.7 Å². The zero-order valence-corrected chi connectivity index (χ0v) is 8.67. The van der Waals surface area contributed by atoms with E-state index in [9.17, 15) is 15.3 Å². The summed E-state index contributed by atoms with van der Waals surface area (Å²) in [4.78, 5) is 0. The lowest BCUT2D eigenvalue weighted by Gasteiger charge is -2.22. The molecule has 90 valence electrons. The molecule has 1 fully saturated rings. The van der Waals surface area contributed by atoms with Crippen molar-refractivity contribution < 1.29 is 29.9 Å². The fourth-order valence-electron chi connectivity index (χ4n) is 1.48. The molecule has 4 atom stereocenters. The van der Waals surface area contributed by atoms with Gasteiger partial charge in [0, 0.05) is 6.61 Å². The predicted molar refractivity (Wildman–Crippen MR) is 50.0 cm³/mol. The molecule has 0 spiro atoms.